The average molecular weight is 455 g/mol. The van der Waals surface area contributed by atoms with Gasteiger partial charge in [0.25, 0.3) is 5.91 Å². The van der Waals surface area contributed by atoms with Crippen molar-refractivity contribution in [1.82, 2.24) is 19.9 Å². The van der Waals surface area contributed by atoms with Gasteiger partial charge in [0, 0.05) is 24.5 Å². The highest BCUT2D eigenvalue weighted by atomic mass is 19.4. The highest BCUT2D eigenvalue weighted by Gasteiger charge is 2.75. The van der Waals surface area contributed by atoms with Gasteiger partial charge in [0.15, 0.2) is 0 Å². The lowest BCUT2D eigenvalue weighted by atomic mass is 9.71. The van der Waals surface area contributed by atoms with E-state index in [9.17, 15) is 18.0 Å². The fourth-order valence-electron chi connectivity index (χ4n) is 5.58. The largest absolute Gasteiger partial charge is 0.443 e. The number of carbonyl (C=O) groups is 1. The van der Waals surface area contributed by atoms with Crippen molar-refractivity contribution in [3.63, 3.8) is 0 Å². The van der Waals surface area contributed by atoms with E-state index >= 15 is 0 Å². The minimum atomic E-state index is -4.43. The van der Waals surface area contributed by atoms with Crippen LogP contribution in [0.5, 0.6) is 0 Å². The Morgan fingerprint density at radius 1 is 1.21 bits per heavy atom. The molecule has 7 nitrogen and oxygen atoms in total. The summed E-state index contributed by atoms with van der Waals surface area (Å²) >= 11 is 0. The number of oxazole rings is 1. The van der Waals surface area contributed by atoms with Crippen LogP contribution >= 0.6 is 0 Å². The van der Waals surface area contributed by atoms with Crippen LogP contribution < -0.4 is 5.32 Å². The summed E-state index contributed by atoms with van der Waals surface area (Å²) in [5.74, 6) is 0.975. The molecule has 1 saturated heterocycles. The fraction of sp³-hybridized carbons (Fsp3) is 0.391. The summed E-state index contributed by atoms with van der Waals surface area (Å²) in [7, 11) is 0. The second-order valence-corrected chi connectivity index (χ2v) is 9.11. The Bertz CT molecular complexity index is 1230. The van der Waals surface area contributed by atoms with Crippen LogP contribution in [-0.4, -0.2) is 44.4 Å². The van der Waals surface area contributed by atoms with Crippen molar-refractivity contribution < 1.29 is 22.4 Å². The number of amides is 1. The van der Waals surface area contributed by atoms with Gasteiger partial charge in [-0.25, -0.2) is 15.0 Å². The topological polar surface area (TPSA) is 84.2 Å². The molecule has 4 atom stereocenters. The number of nitrogens with one attached hydrogen (secondary N) is 1. The van der Waals surface area contributed by atoms with Gasteiger partial charge in [0.2, 0.25) is 5.89 Å². The third-order valence-corrected chi connectivity index (χ3v) is 7.19. The number of aromatic nitrogens is 3. The van der Waals surface area contributed by atoms with Crippen LogP contribution in [-0.2, 0) is 6.18 Å². The molecule has 10 heteroatoms. The normalized spacial score (nSPS) is 27.5. The standard InChI is InChI=1S/C23H20F3N5O2/c1-12-2-4-15(18(29-12)20-27-6-7-33-20)21(32)31-11-14-8-22(14)9-16(19(22)31)30-17-5-3-13(10-28-17)23(24,25)26/h2-7,10,14,16,19H,8-9,11H2,1H3,(H,28,30). The first-order chi connectivity index (χ1) is 15.8. The molecule has 3 fully saturated rings. The maximum atomic E-state index is 13.6. The molecule has 3 aromatic heterocycles. The van der Waals surface area contributed by atoms with Crippen LogP contribution in [0.1, 0.15) is 34.5 Å². The molecule has 2 saturated carbocycles. The van der Waals surface area contributed by atoms with E-state index in [0.717, 1.165) is 30.8 Å². The van der Waals surface area contributed by atoms with E-state index < -0.39 is 11.7 Å². The summed E-state index contributed by atoms with van der Waals surface area (Å²) in [6, 6.07) is 5.77. The number of carbonyl (C=O) groups excluding carboxylic acids is 1. The minimum Gasteiger partial charge on any atom is -0.443 e. The molecule has 3 aliphatic rings. The predicted molar refractivity (Wildman–Crippen MR) is 111 cm³/mol. The fourth-order valence-corrected chi connectivity index (χ4v) is 5.58. The quantitative estimate of drug-likeness (QED) is 0.636. The number of hydrogen-bond donors (Lipinski definition) is 1. The summed E-state index contributed by atoms with van der Waals surface area (Å²) in [5, 5.41) is 3.25. The number of hydrogen-bond acceptors (Lipinski definition) is 6. The van der Waals surface area contributed by atoms with Crippen molar-refractivity contribution in [2.24, 2.45) is 11.3 Å². The number of alkyl halides is 3. The van der Waals surface area contributed by atoms with Gasteiger partial charge < -0.3 is 14.6 Å². The third-order valence-electron chi connectivity index (χ3n) is 7.19. The van der Waals surface area contributed by atoms with E-state index in [-0.39, 0.29) is 23.4 Å². The zero-order valence-electron chi connectivity index (χ0n) is 17.6. The third kappa shape index (κ3) is 3.11. The van der Waals surface area contributed by atoms with Gasteiger partial charge >= 0.3 is 6.18 Å². The lowest BCUT2D eigenvalue weighted by Gasteiger charge is -2.48. The van der Waals surface area contributed by atoms with Crippen LogP contribution in [0.15, 0.2) is 47.3 Å². The number of likely N-dealkylation sites (tertiary alicyclic amines) is 1. The first kappa shape index (κ1) is 20.2. The van der Waals surface area contributed by atoms with Crippen LogP contribution in [0, 0.1) is 18.3 Å². The van der Waals surface area contributed by atoms with Crippen LogP contribution in [0.25, 0.3) is 11.6 Å². The van der Waals surface area contributed by atoms with E-state index in [1.54, 1.807) is 12.1 Å². The molecular formula is C23H20F3N5O2. The van der Waals surface area contributed by atoms with Crippen molar-refractivity contribution in [3.8, 4) is 11.6 Å². The minimum absolute atomic E-state index is 0.0437. The first-order valence-electron chi connectivity index (χ1n) is 10.7. The molecule has 1 amide bonds. The van der Waals surface area contributed by atoms with Gasteiger partial charge in [-0.1, -0.05) is 0 Å². The number of anilines is 1. The van der Waals surface area contributed by atoms with Crippen LogP contribution in [0.3, 0.4) is 0 Å². The summed E-state index contributed by atoms with van der Waals surface area (Å²) in [4.78, 5) is 28.1. The molecule has 1 N–H and O–H groups in total. The van der Waals surface area contributed by atoms with Gasteiger partial charge in [-0.15, -0.1) is 0 Å². The number of rotatable bonds is 4. The summed E-state index contributed by atoms with van der Waals surface area (Å²) < 4.78 is 43.9. The number of piperidine rings is 1. The monoisotopic (exact) mass is 455 g/mol. The molecule has 6 rings (SSSR count). The van der Waals surface area contributed by atoms with E-state index in [1.807, 2.05) is 11.8 Å². The van der Waals surface area contributed by atoms with Crippen molar-refractivity contribution in [1.29, 1.82) is 0 Å². The molecule has 3 aromatic rings. The van der Waals surface area contributed by atoms with Gasteiger partial charge in [0.05, 0.1) is 23.4 Å². The van der Waals surface area contributed by atoms with Crippen molar-refractivity contribution in [2.45, 2.75) is 38.0 Å². The molecule has 0 aromatic carbocycles. The Morgan fingerprint density at radius 2 is 2.06 bits per heavy atom. The molecular weight excluding hydrogens is 435 g/mol. The molecule has 170 valence electrons. The van der Waals surface area contributed by atoms with Crippen molar-refractivity contribution in [2.75, 3.05) is 11.9 Å². The molecule has 4 heterocycles. The van der Waals surface area contributed by atoms with E-state index in [0.29, 0.717) is 35.4 Å². The number of halogens is 3. The van der Waals surface area contributed by atoms with Gasteiger partial charge in [0.1, 0.15) is 17.8 Å². The second-order valence-electron chi connectivity index (χ2n) is 9.11. The highest BCUT2D eigenvalue weighted by molar-refractivity contribution is 6.00. The Morgan fingerprint density at radius 3 is 2.76 bits per heavy atom. The zero-order chi connectivity index (χ0) is 23.0. The highest BCUT2D eigenvalue weighted by Crippen LogP contribution is 2.71. The summed E-state index contributed by atoms with van der Waals surface area (Å²) in [6.45, 7) is 2.49. The SMILES string of the molecule is Cc1ccc(C(=O)N2CC3CC34CC(Nc3ccc(C(F)(F)F)cn3)C24)c(-c2ncco2)n1. The van der Waals surface area contributed by atoms with Gasteiger partial charge in [-0.3, -0.25) is 4.79 Å². The van der Waals surface area contributed by atoms with E-state index in [1.165, 1.54) is 18.5 Å². The summed E-state index contributed by atoms with van der Waals surface area (Å²) in [5.41, 5.74) is 0.896. The Balaban J connectivity index is 1.25. The predicted octanol–water partition coefficient (Wildman–Crippen LogP) is 4.17. The number of aryl methyl sites for hydroxylation is 1. The first-order valence-corrected chi connectivity index (χ1v) is 10.7. The molecule has 0 bridgehead atoms. The average Bonchev–Trinajstić information content (AvgIpc) is 3.14. The molecule has 1 aliphatic heterocycles. The lowest BCUT2D eigenvalue weighted by Crippen LogP contribution is -2.60. The van der Waals surface area contributed by atoms with Crippen LogP contribution in [0.4, 0.5) is 19.0 Å². The summed E-state index contributed by atoms with van der Waals surface area (Å²) in [6.07, 6.45) is 1.29. The second kappa shape index (κ2) is 6.79. The molecule has 2 aliphatic carbocycles. The zero-order valence-corrected chi connectivity index (χ0v) is 17.6. The Hall–Kier alpha value is -3.43. The Kier molecular flexibility index (Phi) is 4.15. The number of pyridine rings is 2. The Labute approximate surface area is 187 Å². The van der Waals surface area contributed by atoms with Gasteiger partial charge in [-0.2, -0.15) is 13.2 Å². The van der Waals surface area contributed by atoms with Crippen LogP contribution in [0.2, 0.25) is 0 Å². The molecule has 33 heavy (non-hydrogen) atoms. The number of nitrogens with zero attached hydrogens (tertiary/aromatic N) is 4. The smallest absolute Gasteiger partial charge is 0.417 e. The van der Waals surface area contributed by atoms with E-state index in [2.05, 4.69) is 20.3 Å². The molecule has 4 unspecified atom stereocenters. The maximum Gasteiger partial charge on any atom is 0.417 e. The maximum absolute atomic E-state index is 13.6. The van der Waals surface area contributed by atoms with Crippen molar-refractivity contribution in [3.05, 3.63) is 59.7 Å². The lowest BCUT2D eigenvalue weighted by molar-refractivity contribution is -0.137. The van der Waals surface area contributed by atoms with E-state index in [4.69, 9.17) is 4.42 Å². The molecule has 1 spiro atoms. The van der Waals surface area contributed by atoms with Gasteiger partial charge in [-0.05, 0) is 55.4 Å². The van der Waals surface area contributed by atoms with Crippen molar-refractivity contribution >= 4 is 11.7 Å². The molecule has 0 radical (unpaired) electrons.